The minimum absolute atomic E-state index is 0.0972. The van der Waals surface area contributed by atoms with E-state index < -0.39 is 5.41 Å². The molecule has 1 aromatic heterocycles. The molecular weight excluding hydrogens is 370 g/mol. The largest absolute Gasteiger partial charge is 0.424 e. The lowest BCUT2D eigenvalue weighted by molar-refractivity contribution is -0.125. The Morgan fingerprint density at radius 2 is 1.90 bits per heavy atom. The Morgan fingerprint density at radius 1 is 1.17 bits per heavy atom. The monoisotopic (exact) mass is 395 g/mol. The van der Waals surface area contributed by atoms with Crippen molar-refractivity contribution in [2.75, 3.05) is 11.5 Å². The predicted octanol–water partition coefficient (Wildman–Crippen LogP) is 3.76. The third kappa shape index (κ3) is 3.40. The zero-order chi connectivity index (χ0) is 20.8. The first kappa shape index (κ1) is 19.5. The number of hydrogen-bond donors (Lipinski definition) is 0. The second-order valence-electron chi connectivity index (χ2n) is 8.65. The summed E-state index contributed by atoms with van der Waals surface area (Å²) in [4.78, 5) is 34.6. The Labute approximate surface area is 170 Å². The van der Waals surface area contributed by atoms with E-state index in [-0.39, 0.29) is 29.7 Å². The molecule has 1 aromatic carbocycles. The number of imide groups is 1. The summed E-state index contributed by atoms with van der Waals surface area (Å²) in [6.07, 6.45) is 3.72. The zero-order valence-electron chi connectivity index (χ0n) is 17.2. The molecule has 0 saturated carbocycles. The summed E-state index contributed by atoms with van der Waals surface area (Å²) in [5, 5.41) is 0. The molecule has 3 heterocycles. The van der Waals surface area contributed by atoms with Crippen LogP contribution in [0.5, 0.6) is 11.8 Å². The highest BCUT2D eigenvalue weighted by Crippen LogP contribution is 2.38. The van der Waals surface area contributed by atoms with Crippen molar-refractivity contribution in [3.8, 4) is 11.8 Å². The quantitative estimate of drug-likeness (QED) is 0.733. The van der Waals surface area contributed by atoms with Crippen LogP contribution in [0.25, 0.3) is 0 Å². The molecule has 2 aromatic rings. The number of nitrogens with zero attached hydrogens (tertiary/aromatic N) is 3. The highest BCUT2D eigenvalue weighted by molar-refractivity contribution is 6.22. The van der Waals surface area contributed by atoms with Crippen molar-refractivity contribution in [3.05, 3.63) is 41.7 Å². The van der Waals surface area contributed by atoms with Crippen molar-refractivity contribution in [1.82, 2.24) is 9.97 Å². The Hall–Kier alpha value is -2.80. The number of aromatic nitrogens is 2. The van der Waals surface area contributed by atoms with Crippen LogP contribution in [0.2, 0.25) is 0 Å². The summed E-state index contributed by atoms with van der Waals surface area (Å²) in [5.74, 6) is 0.204. The molecule has 1 atom stereocenters. The van der Waals surface area contributed by atoms with E-state index in [0.29, 0.717) is 31.1 Å². The third-order valence-electron chi connectivity index (χ3n) is 5.90. The molecule has 1 saturated heterocycles. The second-order valence-corrected chi connectivity index (χ2v) is 8.65. The number of hydrogen-bond acceptors (Lipinski definition) is 6. The van der Waals surface area contributed by atoms with E-state index in [1.807, 2.05) is 32.0 Å². The van der Waals surface area contributed by atoms with Gasteiger partial charge in [0.05, 0.1) is 36.7 Å². The molecule has 0 spiro atoms. The average molecular weight is 395 g/mol. The highest BCUT2D eigenvalue weighted by Gasteiger charge is 2.47. The number of fused-ring (bicyclic) bond motifs is 1. The second kappa shape index (κ2) is 6.91. The fraction of sp³-hybridized carbons (Fsp3) is 0.455. The van der Waals surface area contributed by atoms with Crippen LogP contribution >= 0.6 is 0 Å². The minimum Gasteiger partial charge on any atom is -0.424 e. The van der Waals surface area contributed by atoms with E-state index in [0.717, 1.165) is 5.56 Å². The lowest BCUT2D eigenvalue weighted by Gasteiger charge is -2.32. The van der Waals surface area contributed by atoms with E-state index in [4.69, 9.17) is 9.47 Å². The Kier molecular flexibility index (Phi) is 4.65. The molecular formula is C22H25N3O4. The van der Waals surface area contributed by atoms with Gasteiger partial charge in [-0.25, -0.2) is 14.9 Å². The number of carbonyl (C=O) groups excluding carboxylic acids is 2. The van der Waals surface area contributed by atoms with Crippen molar-refractivity contribution in [3.63, 3.8) is 0 Å². The SMILES string of the molecule is CC[C@@]1(C)CC(=O)N(c2cnc(Oc3ccc4c(c3)C(C)(C)COC4)nc2)C1=O. The molecule has 29 heavy (non-hydrogen) atoms. The number of benzene rings is 1. The van der Waals surface area contributed by atoms with Crippen molar-refractivity contribution < 1.29 is 19.1 Å². The van der Waals surface area contributed by atoms with Crippen LogP contribution in [0.1, 0.15) is 51.7 Å². The molecule has 1 fully saturated rings. The summed E-state index contributed by atoms with van der Waals surface area (Å²) in [6.45, 7) is 9.24. The number of rotatable bonds is 4. The molecule has 2 aliphatic rings. The van der Waals surface area contributed by atoms with Crippen LogP contribution < -0.4 is 9.64 Å². The molecule has 152 valence electrons. The van der Waals surface area contributed by atoms with Gasteiger partial charge in [-0.05, 0) is 29.7 Å². The maximum Gasteiger partial charge on any atom is 0.322 e. The van der Waals surface area contributed by atoms with Crippen LogP contribution in [0.3, 0.4) is 0 Å². The maximum atomic E-state index is 12.7. The van der Waals surface area contributed by atoms with E-state index in [9.17, 15) is 9.59 Å². The van der Waals surface area contributed by atoms with Crippen molar-refractivity contribution in [2.45, 2.75) is 52.6 Å². The van der Waals surface area contributed by atoms with E-state index in [1.165, 1.54) is 22.9 Å². The van der Waals surface area contributed by atoms with Gasteiger partial charge < -0.3 is 9.47 Å². The molecule has 7 nitrogen and oxygen atoms in total. The fourth-order valence-electron chi connectivity index (χ4n) is 3.86. The normalized spacial score (nSPS) is 23.2. The van der Waals surface area contributed by atoms with Crippen LogP contribution in [-0.4, -0.2) is 28.4 Å². The van der Waals surface area contributed by atoms with Gasteiger partial charge in [-0.3, -0.25) is 9.59 Å². The average Bonchev–Trinajstić information content (AvgIpc) is 2.92. The molecule has 0 N–H and O–H groups in total. The van der Waals surface area contributed by atoms with Gasteiger partial charge in [-0.2, -0.15) is 0 Å². The van der Waals surface area contributed by atoms with Gasteiger partial charge in [0.15, 0.2) is 0 Å². The van der Waals surface area contributed by atoms with Crippen molar-refractivity contribution in [2.24, 2.45) is 5.41 Å². The third-order valence-corrected chi connectivity index (χ3v) is 5.90. The number of ether oxygens (including phenoxy) is 2. The smallest absolute Gasteiger partial charge is 0.322 e. The Balaban J connectivity index is 1.54. The molecule has 0 unspecified atom stereocenters. The summed E-state index contributed by atoms with van der Waals surface area (Å²) in [5.41, 5.74) is 1.94. The van der Waals surface area contributed by atoms with Crippen LogP contribution in [0.15, 0.2) is 30.6 Å². The highest BCUT2D eigenvalue weighted by atomic mass is 16.5. The number of amides is 2. The van der Waals surface area contributed by atoms with Gasteiger partial charge >= 0.3 is 6.01 Å². The molecule has 0 bridgehead atoms. The standard InChI is InChI=1S/C22H25N3O4/c1-5-22(4)9-18(26)25(19(22)27)15-10-23-20(24-11-15)29-16-7-6-14-12-28-13-21(2,3)17(14)8-16/h6-8,10-11H,5,9,12-13H2,1-4H3/t22-/m0/s1. The lowest BCUT2D eigenvalue weighted by Crippen LogP contribution is -2.34. The van der Waals surface area contributed by atoms with Crippen molar-refractivity contribution in [1.29, 1.82) is 0 Å². The summed E-state index contributed by atoms with van der Waals surface area (Å²) < 4.78 is 11.5. The molecule has 7 heteroatoms. The Morgan fingerprint density at radius 3 is 2.55 bits per heavy atom. The first-order valence-corrected chi connectivity index (χ1v) is 9.82. The van der Waals surface area contributed by atoms with Gasteiger partial charge in [0.1, 0.15) is 5.75 Å². The van der Waals surface area contributed by atoms with Crippen molar-refractivity contribution >= 4 is 17.5 Å². The lowest BCUT2D eigenvalue weighted by atomic mass is 9.81. The molecule has 0 aliphatic carbocycles. The van der Waals surface area contributed by atoms with Crippen LogP contribution in [0.4, 0.5) is 5.69 Å². The van der Waals surface area contributed by atoms with Crippen LogP contribution in [-0.2, 0) is 26.3 Å². The molecule has 2 aliphatic heterocycles. The maximum absolute atomic E-state index is 12.7. The fourth-order valence-corrected chi connectivity index (χ4v) is 3.86. The summed E-state index contributed by atoms with van der Waals surface area (Å²) >= 11 is 0. The van der Waals surface area contributed by atoms with Gasteiger partial charge in [-0.15, -0.1) is 0 Å². The minimum atomic E-state index is -0.661. The topological polar surface area (TPSA) is 81.6 Å². The van der Waals surface area contributed by atoms with E-state index in [2.05, 4.69) is 23.8 Å². The van der Waals surface area contributed by atoms with Crippen LogP contribution in [0, 0.1) is 5.41 Å². The van der Waals surface area contributed by atoms with Gasteiger partial charge in [0, 0.05) is 11.8 Å². The molecule has 4 rings (SSSR count). The number of carbonyl (C=O) groups is 2. The summed E-state index contributed by atoms with van der Waals surface area (Å²) in [7, 11) is 0. The van der Waals surface area contributed by atoms with E-state index in [1.54, 1.807) is 0 Å². The predicted molar refractivity (Wildman–Crippen MR) is 107 cm³/mol. The first-order valence-electron chi connectivity index (χ1n) is 9.82. The Bertz CT molecular complexity index is 971. The van der Waals surface area contributed by atoms with Gasteiger partial charge in [0.2, 0.25) is 11.8 Å². The number of anilines is 1. The van der Waals surface area contributed by atoms with E-state index >= 15 is 0 Å². The van der Waals surface area contributed by atoms with Gasteiger partial charge in [0.25, 0.3) is 0 Å². The summed E-state index contributed by atoms with van der Waals surface area (Å²) in [6, 6.07) is 6.01. The molecule has 0 radical (unpaired) electrons. The molecule has 2 amide bonds. The first-order chi connectivity index (χ1) is 13.7. The van der Waals surface area contributed by atoms with Gasteiger partial charge in [-0.1, -0.05) is 33.8 Å². The zero-order valence-corrected chi connectivity index (χ0v) is 17.2.